The second-order valence-corrected chi connectivity index (χ2v) is 9.77. The Balaban J connectivity index is 1.36. The molecule has 216 valence electrons. The average Bonchev–Trinajstić information content (AvgIpc) is 3.44. The van der Waals surface area contributed by atoms with Gasteiger partial charge in [-0.2, -0.15) is 4.98 Å². The summed E-state index contributed by atoms with van der Waals surface area (Å²) in [5.74, 6) is -0.445. The normalized spacial score (nSPS) is 12.6. The number of aliphatic hydroxyl groups is 1. The number of carbonyl (C=O) groups excluding carboxylic acids is 1. The van der Waals surface area contributed by atoms with Gasteiger partial charge in [-0.25, -0.2) is 8.78 Å². The summed E-state index contributed by atoms with van der Waals surface area (Å²) in [6.45, 7) is 2.76. The number of halogens is 2. The van der Waals surface area contributed by atoms with Crippen LogP contribution in [-0.2, 0) is 30.6 Å². The zero-order chi connectivity index (χ0) is 29.2. The quantitative estimate of drug-likeness (QED) is 0.208. The Bertz CT molecular complexity index is 1410. The van der Waals surface area contributed by atoms with Crippen molar-refractivity contribution in [3.63, 3.8) is 0 Å². The van der Waals surface area contributed by atoms with E-state index in [1.54, 1.807) is 31.4 Å². The number of aryl methyl sites for hydroxylation is 2. The topological polar surface area (TPSA) is 110 Å². The van der Waals surface area contributed by atoms with Gasteiger partial charge in [-0.1, -0.05) is 36.3 Å². The fourth-order valence-corrected chi connectivity index (χ4v) is 4.45. The van der Waals surface area contributed by atoms with Gasteiger partial charge in [-0.15, -0.1) is 0 Å². The first-order valence-corrected chi connectivity index (χ1v) is 13.5. The molecule has 10 heteroatoms. The molecule has 0 bridgehead atoms. The van der Waals surface area contributed by atoms with Gasteiger partial charge >= 0.3 is 0 Å². The lowest BCUT2D eigenvalue weighted by atomic mass is 10.00. The van der Waals surface area contributed by atoms with Crippen molar-refractivity contribution in [2.24, 2.45) is 0 Å². The highest BCUT2D eigenvalue weighted by Crippen LogP contribution is 2.20. The van der Waals surface area contributed by atoms with Crippen molar-refractivity contribution in [1.29, 1.82) is 0 Å². The molecule has 1 heterocycles. The van der Waals surface area contributed by atoms with Crippen LogP contribution in [0.15, 0.2) is 71.3 Å². The Morgan fingerprint density at radius 3 is 2.46 bits per heavy atom. The van der Waals surface area contributed by atoms with Crippen molar-refractivity contribution < 1.29 is 27.9 Å². The molecule has 3 aromatic carbocycles. The van der Waals surface area contributed by atoms with E-state index in [1.807, 2.05) is 12.1 Å². The SMILES string of the molecule is CCc1cccc(CNC[C@@H](O)[C@H](Cc2cc(F)cc(F)c2)NC(=O)CCc2nc(-c3ccc(OC)cc3)no2)c1. The predicted molar refractivity (Wildman–Crippen MR) is 150 cm³/mol. The summed E-state index contributed by atoms with van der Waals surface area (Å²) in [4.78, 5) is 17.2. The van der Waals surface area contributed by atoms with Crippen LogP contribution in [0.25, 0.3) is 11.4 Å². The highest BCUT2D eigenvalue weighted by Gasteiger charge is 2.23. The molecule has 1 amide bonds. The van der Waals surface area contributed by atoms with E-state index in [9.17, 15) is 18.7 Å². The Morgan fingerprint density at radius 2 is 1.76 bits per heavy atom. The molecule has 0 spiro atoms. The molecule has 0 aliphatic heterocycles. The molecule has 3 N–H and O–H groups in total. The van der Waals surface area contributed by atoms with Crippen molar-refractivity contribution in [3.05, 3.63) is 101 Å². The number of methoxy groups -OCH3 is 1. The number of rotatable bonds is 14. The number of nitrogens with zero attached hydrogens (tertiary/aromatic N) is 2. The van der Waals surface area contributed by atoms with Crippen LogP contribution < -0.4 is 15.4 Å². The first-order valence-electron chi connectivity index (χ1n) is 13.5. The average molecular weight is 565 g/mol. The number of aliphatic hydroxyl groups excluding tert-OH is 1. The molecule has 41 heavy (non-hydrogen) atoms. The van der Waals surface area contributed by atoms with Gasteiger partial charge in [0.15, 0.2) is 0 Å². The van der Waals surface area contributed by atoms with E-state index in [0.717, 1.165) is 23.6 Å². The maximum Gasteiger partial charge on any atom is 0.227 e. The van der Waals surface area contributed by atoms with E-state index >= 15 is 0 Å². The number of aromatic nitrogens is 2. The molecule has 0 radical (unpaired) electrons. The van der Waals surface area contributed by atoms with Gasteiger partial charge < -0.3 is 25.0 Å². The first-order chi connectivity index (χ1) is 19.8. The lowest BCUT2D eigenvalue weighted by molar-refractivity contribution is -0.122. The van der Waals surface area contributed by atoms with Gasteiger partial charge in [0.25, 0.3) is 0 Å². The summed E-state index contributed by atoms with van der Waals surface area (Å²) in [5, 5.41) is 21.0. The highest BCUT2D eigenvalue weighted by molar-refractivity contribution is 5.76. The molecule has 0 aliphatic carbocycles. The smallest absolute Gasteiger partial charge is 0.227 e. The standard InChI is InChI=1S/C31H34F2N4O4/c1-3-20-5-4-6-21(13-20)18-34-19-28(38)27(16-22-14-24(32)17-25(33)15-22)35-29(39)11-12-30-36-31(37-41-30)23-7-9-26(40-2)10-8-23/h4-10,13-15,17,27-28,34,38H,3,11-12,16,18-19H2,1-2H3,(H,35,39)/t27-,28+/m0/s1. The van der Waals surface area contributed by atoms with Crippen LogP contribution in [0.1, 0.15) is 35.9 Å². The number of carbonyl (C=O) groups is 1. The second-order valence-electron chi connectivity index (χ2n) is 9.77. The van der Waals surface area contributed by atoms with E-state index in [0.29, 0.717) is 23.7 Å². The van der Waals surface area contributed by atoms with Gasteiger partial charge in [0.05, 0.1) is 19.3 Å². The number of benzene rings is 3. The van der Waals surface area contributed by atoms with Crippen LogP contribution in [0.4, 0.5) is 8.78 Å². The number of nitrogens with one attached hydrogen (secondary N) is 2. The van der Waals surface area contributed by atoms with Crippen LogP contribution in [0, 0.1) is 11.6 Å². The van der Waals surface area contributed by atoms with Crippen LogP contribution in [-0.4, -0.2) is 47.0 Å². The van der Waals surface area contributed by atoms with Crippen molar-refractivity contribution in [1.82, 2.24) is 20.8 Å². The molecule has 0 aliphatic rings. The Kier molecular flexibility index (Phi) is 10.5. The van der Waals surface area contributed by atoms with Crippen LogP contribution in [0.2, 0.25) is 0 Å². The molecule has 1 aromatic heterocycles. The predicted octanol–water partition coefficient (Wildman–Crippen LogP) is 4.40. The molecular weight excluding hydrogens is 530 g/mol. The summed E-state index contributed by atoms with van der Waals surface area (Å²) >= 11 is 0. The molecule has 0 unspecified atom stereocenters. The maximum atomic E-state index is 13.8. The minimum absolute atomic E-state index is 0.0161. The zero-order valence-corrected chi connectivity index (χ0v) is 23.1. The van der Waals surface area contributed by atoms with Gasteiger partial charge in [-0.05, 0) is 65.9 Å². The van der Waals surface area contributed by atoms with Crippen molar-refractivity contribution in [2.75, 3.05) is 13.7 Å². The summed E-state index contributed by atoms with van der Waals surface area (Å²) < 4.78 is 38.1. The van der Waals surface area contributed by atoms with E-state index < -0.39 is 23.8 Å². The van der Waals surface area contributed by atoms with Crippen LogP contribution in [0.3, 0.4) is 0 Å². The third kappa shape index (κ3) is 8.92. The van der Waals surface area contributed by atoms with Gasteiger partial charge in [0, 0.05) is 37.6 Å². The monoisotopic (exact) mass is 564 g/mol. The Hall–Kier alpha value is -4.15. The summed E-state index contributed by atoms with van der Waals surface area (Å²) in [6.07, 6.45) is 0.128. The zero-order valence-electron chi connectivity index (χ0n) is 23.1. The summed E-state index contributed by atoms with van der Waals surface area (Å²) in [5.41, 5.74) is 3.34. The third-order valence-electron chi connectivity index (χ3n) is 6.65. The van der Waals surface area contributed by atoms with Gasteiger partial charge in [0.2, 0.25) is 17.6 Å². The first kappa shape index (κ1) is 29.8. The Morgan fingerprint density at radius 1 is 1.02 bits per heavy atom. The molecule has 0 saturated carbocycles. The number of amides is 1. The molecule has 4 rings (SSSR count). The molecule has 8 nitrogen and oxygen atoms in total. The minimum atomic E-state index is -1.02. The fourth-order valence-electron chi connectivity index (χ4n) is 4.45. The fraction of sp³-hybridized carbons (Fsp3) is 0.323. The van der Waals surface area contributed by atoms with E-state index in [1.165, 1.54) is 17.7 Å². The minimum Gasteiger partial charge on any atom is -0.497 e. The lowest BCUT2D eigenvalue weighted by Crippen LogP contribution is -2.48. The van der Waals surface area contributed by atoms with Gasteiger partial charge in [-0.3, -0.25) is 4.79 Å². The second kappa shape index (κ2) is 14.5. The Labute approximate surface area is 237 Å². The van der Waals surface area contributed by atoms with Gasteiger partial charge in [0.1, 0.15) is 17.4 Å². The van der Waals surface area contributed by atoms with Crippen molar-refractivity contribution in [2.45, 2.75) is 51.3 Å². The highest BCUT2D eigenvalue weighted by atomic mass is 19.1. The largest absolute Gasteiger partial charge is 0.497 e. The maximum absolute atomic E-state index is 13.8. The lowest BCUT2D eigenvalue weighted by Gasteiger charge is -2.25. The third-order valence-corrected chi connectivity index (χ3v) is 6.65. The van der Waals surface area contributed by atoms with Crippen molar-refractivity contribution in [3.8, 4) is 17.1 Å². The summed E-state index contributed by atoms with van der Waals surface area (Å²) in [6, 6.07) is 17.7. The molecule has 4 aromatic rings. The van der Waals surface area contributed by atoms with Crippen molar-refractivity contribution >= 4 is 5.91 Å². The van der Waals surface area contributed by atoms with E-state index in [4.69, 9.17) is 9.26 Å². The molecule has 0 saturated heterocycles. The van der Waals surface area contributed by atoms with Crippen LogP contribution in [0.5, 0.6) is 5.75 Å². The molecule has 0 fully saturated rings. The number of hydrogen-bond acceptors (Lipinski definition) is 7. The number of hydrogen-bond donors (Lipinski definition) is 3. The van der Waals surface area contributed by atoms with E-state index in [2.05, 4.69) is 39.8 Å². The summed E-state index contributed by atoms with van der Waals surface area (Å²) in [7, 11) is 1.58. The number of ether oxygens (including phenoxy) is 1. The van der Waals surface area contributed by atoms with Crippen LogP contribution >= 0.6 is 0 Å². The molecule has 2 atom stereocenters. The van der Waals surface area contributed by atoms with E-state index in [-0.39, 0.29) is 37.6 Å². The molecular formula is C31H34F2N4O4.